The molecule has 2 fully saturated rings. The lowest BCUT2D eigenvalue weighted by atomic mass is 10.1. The van der Waals surface area contributed by atoms with Crippen LogP contribution in [0.25, 0.3) is 0 Å². The molecule has 2 atom stereocenters. The molecule has 4 nitrogen and oxygen atoms in total. The number of aromatic carboxylic acids is 1. The maximum Gasteiger partial charge on any atom is 0.335 e. The highest BCUT2D eigenvalue weighted by molar-refractivity contribution is 6.31. The summed E-state index contributed by atoms with van der Waals surface area (Å²) in [6, 6.07) is 4.37. The van der Waals surface area contributed by atoms with Crippen LogP contribution in [0.4, 0.5) is 5.69 Å². The fourth-order valence-electron chi connectivity index (χ4n) is 3.22. The van der Waals surface area contributed by atoms with Crippen LogP contribution in [-0.4, -0.2) is 17.0 Å². The first-order valence-corrected chi connectivity index (χ1v) is 6.79. The summed E-state index contributed by atoms with van der Waals surface area (Å²) in [7, 11) is 0. The second-order valence-electron chi connectivity index (χ2n) is 5.31. The fraction of sp³-hybridized carbons (Fsp3) is 0.429. The molecule has 5 heteroatoms. The molecular formula is C14H14ClNO3. The lowest BCUT2D eigenvalue weighted by Crippen LogP contribution is -2.17. The number of nitrogens with one attached hydrogen (secondary N) is 1. The average molecular weight is 280 g/mol. The van der Waals surface area contributed by atoms with Gasteiger partial charge < -0.3 is 10.4 Å². The van der Waals surface area contributed by atoms with E-state index >= 15 is 0 Å². The van der Waals surface area contributed by atoms with Gasteiger partial charge in [-0.2, -0.15) is 0 Å². The zero-order valence-electron chi connectivity index (χ0n) is 10.2. The van der Waals surface area contributed by atoms with Gasteiger partial charge in [0, 0.05) is 16.6 Å². The molecule has 100 valence electrons. The van der Waals surface area contributed by atoms with Crippen molar-refractivity contribution in [2.75, 3.05) is 5.32 Å². The number of benzene rings is 1. The molecule has 3 rings (SSSR count). The molecule has 0 radical (unpaired) electrons. The molecular weight excluding hydrogens is 266 g/mol. The number of rotatable bonds is 3. The topological polar surface area (TPSA) is 66.4 Å². The van der Waals surface area contributed by atoms with Crippen molar-refractivity contribution in [1.82, 2.24) is 0 Å². The Morgan fingerprint density at radius 2 is 1.89 bits per heavy atom. The van der Waals surface area contributed by atoms with Crippen molar-refractivity contribution < 1.29 is 14.7 Å². The third-order valence-corrected chi connectivity index (χ3v) is 4.34. The van der Waals surface area contributed by atoms with E-state index in [0.29, 0.717) is 22.5 Å². The van der Waals surface area contributed by atoms with Gasteiger partial charge in [-0.25, -0.2) is 4.79 Å². The maximum atomic E-state index is 12.1. The monoisotopic (exact) mass is 279 g/mol. The van der Waals surface area contributed by atoms with E-state index in [1.807, 2.05) is 0 Å². The Balaban J connectivity index is 1.73. The molecule has 0 saturated heterocycles. The number of amides is 1. The lowest BCUT2D eigenvalue weighted by Gasteiger charge is -2.08. The highest BCUT2D eigenvalue weighted by Crippen LogP contribution is 2.57. The number of fused-ring (bicyclic) bond motifs is 1. The van der Waals surface area contributed by atoms with Crippen LogP contribution in [0.3, 0.4) is 0 Å². The third-order valence-electron chi connectivity index (χ3n) is 4.12. The first kappa shape index (κ1) is 12.5. The van der Waals surface area contributed by atoms with Crippen molar-refractivity contribution in [2.45, 2.75) is 19.3 Å². The van der Waals surface area contributed by atoms with Crippen LogP contribution < -0.4 is 5.32 Å². The summed E-state index contributed by atoms with van der Waals surface area (Å²) in [5.74, 6) is 0.131. The minimum absolute atomic E-state index is 0.00620. The summed E-state index contributed by atoms with van der Waals surface area (Å²) >= 11 is 5.85. The molecule has 1 aromatic rings. The van der Waals surface area contributed by atoms with Crippen LogP contribution >= 0.6 is 11.6 Å². The smallest absolute Gasteiger partial charge is 0.335 e. The SMILES string of the molecule is O=C(O)c1cc(Cl)cc(NC(=O)C2C3CCCC32)c1. The lowest BCUT2D eigenvalue weighted by molar-refractivity contribution is -0.118. The van der Waals surface area contributed by atoms with E-state index in [4.69, 9.17) is 16.7 Å². The summed E-state index contributed by atoms with van der Waals surface area (Å²) in [5, 5.41) is 12.0. The minimum atomic E-state index is -1.05. The molecule has 0 heterocycles. The molecule has 2 N–H and O–H groups in total. The number of hydrogen-bond donors (Lipinski definition) is 2. The van der Waals surface area contributed by atoms with Crippen molar-refractivity contribution >= 4 is 29.2 Å². The Labute approximate surface area is 115 Å². The standard InChI is InChI=1S/C14H14ClNO3/c15-8-4-7(14(18)19)5-9(6-8)16-13(17)12-10-2-1-3-11(10)12/h4-6,10-12H,1-3H2,(H,16,17)(H,18,19). The van der Waals surface area contributed by atoms with Crippen molar-refractivity contribution in [3.8, 4) is 0 Å². The van der Waals surface area contributed by atoms with E-state index in [1.54, 1.807) is 6.07 Å². The van der Waals surface area contributed by atoms with Gasteiger partial charge in [-0.3, -0.25) is 4.79 Å². The van der Waals surface area contributed by atoms with Gasteiger partial charge in [-0.1, -0.05) is 18.0 Å². The van der Waals surface area contributed by atoms with Gasteiger partial charge in [0.2, 0.25) is 5.91 Å². The van der Waals surface area contributed by atoms with E-state index in [0.717, 1.165) is 12.8 Å². The molecule has 0 aromatic heterocycles. The van der Waals surface area contributed by atoms with Crippen molar-refractivity contribution in [3.63, 3.8) is 0 Å². The number of halogens is 1. The zero-order valence-corrected chi connectivity index (χ0v) is 11.0. The fourth-order valence-corrected chi connectivity index (χ4v) is 3.46. The van der Waals surface area contributed by atoms with Crippen LogP contribution in [0.15, 0.2) is 18.2 Å². The van der Waals surface area contributed by atoms with E-state index in [9.17, 15) is 9.59 Å². The Bertz CT molecular complexity index is 548. The minimum Gasteiger partial charge on any atom is -0.478 e. The highest BCUT2D eigenvalue weighted by atomic mass is 35.5. The summed E-state index contributed by atoms with van der Waals surface area (Å²) in [4.78, 5) is 23.0. The van der Waals surface area contributed by atoms with E-state index < -0.39 is 5.97 Å². The quantitative estimate of drug-likeness (QED) is 0.894. The molecule has 1 amide bonds. The van der Waals surface area contributed by atoms with Crippen molar-refractivity contribution in [3.05, 3.63) is 28.8 Å². The van der Waals surface area contributed by atoms with Crippen LogP contribution in [0, 0.1) is 17.8 Å². The van der Waals surface area contributed by atoms with Crippen molar-refractivity contribution in [1.29, 1.82) is 0 Å². The van der Waals surface area contributed by atoms with Crippen LogP contribution in [0.5, 0.6) is 0 Å². The normalized spacial score (nSPS) is 27.7. The Hall–Kier alpha value is -1.55. The number of anilines is 1. The summed E-state index contributed by atoms with van der Waals surface area (Å²) in [6.07, 6.45) is 3.50. The molecule has 0 bridgehead atoms. The number of carboxylic acids is 1. The second kappa shape index (κ2) is 4.53. The summed E-state index contributed by atoms with van der Waals surface area (Å²) in [6.45, 7) is 0. The third kappa shape index (κ3) is 2.32. The van der Waals surface area contributed by atoms with Crippen LogP contribution in [0.1, 0.15) is 29.6 Å². The first-order chi connectivity index (χ1) is 9.06. The van der Waals surface area contributed by atoms with Gasteiger partial charge in [0.15, 0.2) is 0 Å². The zero-order chi connectivity index (χ0) is 13.6. The van der Waals surface area contributed by atoms with Gasteiger partial charge in [-0.15, -0.1) is 0 Å². The molecule has 2 unspecified atom stereocenters. The number of hydrogen-bond acceptors (Lipinski definition) is 2. The van der Waals surface area contributed by atoms with Crippen LogP contribution in [-0.2, 0) is 4.79 Å². The first-order valence-electron chi connectivity index (χ1n) is 6.41. The Morgan fingerprint density at radius 3 is 2.53 bits per heavy atom. The van der Waals surface area contributed by atoms with Gasteiger partial charge in [-0.05, 0) is 42.9 Å². The molecule has 2 aliphatic rings. The highest BCUT2D eigenvalue weighted by Gasteiger charge is 2.56. The van der Waals surface area contributed by atoms with Crippen molar-refractivity contribution in [2.24, 2.45) is 17.8 Å². The second-order valence-corrected chi connectivity index (χ2v) is 5.74. The molecule has 0 aliphatic heterocycles. The predicted octanol–water partition coefficient (Wildman–Crippen LogP) is 3.02. The molecule has 2 aliphatic carbocycles. The summed E-state index contributed by atoms with van der Waals surface area (Å²) in [5.41, 5.74) is 0.540. The molecule has 19 heavy (non-hydrogen) atoms. The maximum absolute atomic E-state index is 12.1. The Morgan fingerprint density at radius 1 is 1.21 bits per heavy atom. The van der Waals surface area contributed by atoms with E-state index in [2.05, 4.69) is 5.32 Å². The van der Waals surface area contributed by atoms with Gasteiger partial charge >= 0.3 is 5.97 Å². The molecule has 1 aromatic carbocycles. The van der Waals surface area contributed by atoms with Gasteiger partial charge in [0.1, 0.15) is 0 Å². The largest absolute Gasteiger partial charge is 0.478 e. The molecule has 2 saturated carbocycles. The Kier molecular flexibility index (Phi) is 2.97. The van der Waals surface area contributed by atoms with E-state index in [-0.39, 0.29) is 17.4 Å². The number of carboxylic acid groups (broad SMARTS) is 1. The average Bonchev–Trinajstić information content (AvgIpc) is 2.83. The summed E-state index contributed by atoms with van der Waals surface area (Å²) < 4.78 is 0. The molecule has 0 spiro atoms. The van der Waals surface area contributed by atoms with Gasteiger partial charge in [0.25, 0.3) is 0 Å². The van der Waals surface area contributed by atoms with Crippen LogP contribution in [0.2, 0.25) is 5.02 Å². The van der Waals surface area contributed by atoms with E-state index in [1.165, 1.54) is 18.6 Å². The van der Waals surface area contributed by atoms with Gasteiger partial charge in [0.05, 0.1) is 5.56 Å². The number of carbonyl (C=O) groups excluding carboxylic acids is 1. The predicted molar refractivity (Wildman–Crippen MR) is 71.4 cm³/mol. The number of carbonyl (C=O) groups is 2.